The van der Waals surface area contributed by atoms with Crippen molar-refractivity contribution < 1.29 is 110 Å². The minimum absolute atomic E-state index is 0. The van der Waals surface area contributed by atoms with Gasteiger partial charge in [0.25, 0.3) is 0 Å². The van der Waals surface area contributed by atoms with Crippen LogP contribution in [0.3, 0.4) is 0 Å². The smallest absolute Gasteiger partial charge is 0.163 e. The Morgan fingerprint density at radius 3 is 1.50 bits per heavy atom. The van der Waals surface area contributed by atoms with E-state index in [1.54, 1.807) is 28.9 Å². The summed E-state index contributed by atoms with van der Waals surface area (Å²) in [6, 6.07) is 96.3. The van der Waals surface area contributed by atoms with Gasteiger partial charge in [-0.2, -0.15) is 0 Å². The van der Waals surface area contributed by atoms with Crippen LogP contribution in [0.5, 0.6) is 0 Å². The first-order valence-corrected chi connectivity index (χ1v) is 39.5. The first-order valence-electron chi connectivity index (χ1n) is 37.7. The van der Waals surface area contributed by atoms with E-state index in [0.29, 0.717) is 17.5 Å². The molecule has 0 atom stereocenters. The molecule has 0 fully saturated rings. The third-order valence-electron chi connectivity index (χ3n) is 18.5. The zero-order valence-corrected chi connectivity index (χ0v) is 79.7. The van der Waals surface area contributed by atoms with Gasteiger partial charge in [-0.05, 0) is 146 Å². The quantitative estimate of drug-likeness (QED) is 0.0664. The number of hydrogen-bond acceptors (Lipinski definition) is 15. The van der Waals surface area contributed by atoms with Gasteiger partial charge in [0.15, 0.2) is 29.0 Å². The van der Waals surface area contributed by atoms with Crippen LogP contribution < -0.4 is 0 Å². The molecule has 0 bridgehead atoms. The predicted octanol–water partition coefficient (Wildman–Crippen LogP) is 25.4. The van der Waals surface area contributed by atoms with E-state index < -0.39 is 0 Å². The molecule has 1 aliphatic rings. The molecule has 9 aromatic carbocycles. The summed E-state index contributed by atoms with van der Waals surface area (Å²) < 4.78 is 2.58. The number of aryl methyl sites for hydroxylation is 2. The van der Waals surface area contributed by atoms with Crippen molar-refractivity contribution >= 4 is 82.0 Å². The molecule has 13 nitrogen and oxygen atoms in total. The molecule has 19 heteroatoms. The van der Waals surface area contributed by atoms with Crippen LogP contribution in [0, 0.1) is 38.1 Å². The Bertz CT molecular complexity index is 6090. The van der Waals surface area contributed by atoms with Gasteiger partial charge >= 0.3 is 0 Å². The molecule has 0 saturated carbocycles. The Morgan fingerprint density at radius 1 is 0.408 bits per heavy atom. The monoisotopic (exact) mass is 2330 g/mol. The summed E-state index contributed by atoms with van der Waals surface area (Å²) in [5.41, 5.74) is 22.1. The fourth-order valence-electron chi connectivity index (χ4n) is 12.8. The van der Waals surface area contributed by atoms with Gasteiger partial charge in [-0.25, -0.2) is 15.0 Å². The minimum atomic E-state index is -0.125. The van der Waals surface area contributed by atoms with E-state index in [1.165, 1.54) is 130 Å². The average molecular weight is 2330 g/mol. The van der Waals surface area contributed by atoms with Gasteiger partial charge < -0.3 is 25.3 Å². The maximum atomic E-state index is 10.0. The van der Waals surface area contributed by atoms with Crippen molar-refractivity contribution in [2.24, 2.45) is 0 Å². The summed E-state index contributed by atoms with van der Waals surface area (Å²) in [5, 5.41) is 34.2. The van der Waals surface area contributed by atoms with E-state index >= 15 is 0 Å². The number of fused-ring (bicyclic) bond motifs is 8. The average Bonchev–Trinajstić information content (AvgIpc) is 1.58. The summed E-state index contributed by atoms with van der Waals surface area (Å²) >= 11 is 3.52. The van der Waals surface area contributed by atoms with Crippen molar-refractivity contribution in [3.8, 4) is 90.3 Å². The van der Waals surface area contributed by atoms with Crippen molar-refractivity contribution in [3.63, 3.8) is 0 Å². The number of para-hydroxylation sites is 2. The Kier molecular flexibility index (Phi) is 36.2. The summed E-state index contributed by atoms with van der Waals surface area (Å²) in [4.78, 5) is 63.0. The number of aliphatic hydroxyl groups excluding tert-OH is 3. The molecule has 3 N–H and O–H groups in total. The Labute approximate surface area is 764 Å². The molecule has 0 unspecified atom stereocenters. The molecule has 0 saturated heterocycles. The number of allylic oxidation sites excluding steroid dienone is 6. The van der Waals surface area contributed by atoms with Crippen LogP contribution in [-0.4, -0.2) is 67.6 Å². The van der Waals surface area contributed by atoms with Gasteiger partial charge in [0.05, 0.1) is 28.3 Å². The fourth-order valence-corrected chi connectivity index (χ4v) is 14.6. The number of benzene rings is 9. The molecule has 7 heterocycles. The summed E-state index contributed by atoms with van der Waals surface area (Å²) in [5.74, 6) is 1.74. The number of thiophene rings is 2. The first-order chi connectivity index (χ1) is 55.7. The van der Waals surface area contributed by atoms with Gasteiger partial charge in [-0.3, -0.25) is 24.4 Å². The number of pyridine rings is 4. The number of rotatable bonds is 10. The molecular formula is C101H89Ir4N7O6S2-4. The molecule has 7 aromatic heterocycles. The number of carbonyl (C=O) groups is 3. The van der Waals surface area contributed by atoms with E-state index in [0.717, 1.165) is 72.8 Å². The second kappa shape index (κ2) is 45.1. The maximum absolute atomic E-state index is 10.0. The summed E-state index contributed by atoms with van der Waals surface area (Å²) in [6.07, 6.45) is 7.14. The third-order valence-corrected chi connectivity index (χ3v) is 20.3. The van der Waals surface area contributed by atoms with Crippen molar-refractivity contribution in [3.05, 3.63) is 353 Å². The maximum Gasteiger partial charge on any atom is 0.163 e. The van der Waals surface area contributed by atoms with Crippen LogP contribution in [0.25, 0.3) is 132 Å². The van der Waals surface area contributed by atoms with Gasteiger partial charge in [0, 0.05) is 137 Å². The zero-order chi connectivity index (χ0) is 82.6. The molecule has 17 rings (SSSR count). The topological polar surface area (TPSA) is 202 Å². The molecule has 120 heavy (non-hydrogen) atoms. The molecule has 0 aliphatic heterocycles. The van der Waals surface area contributed by atoms with Crippen LogP contribution in [0.2, 0.25) is 0 Å². The fraction of sp³-hybridized carbons (Fsp3) is 0.149. The summed E-state index contributed by atoms with van der Waals surface area (Å²) in [7, 11) is 0. The second-order valence-electron chi connectivity index (χ2n) is 29.3. The predicted molar refractivity (Wildman–Crippen MR) is 476 cm³/mol. The number of carbonyl (C=O) groups excluding carboxylic acids is 3. The largest absolute Gasteiger partial charge is 0.512 e. The number of aromatic nitrogens is 7. The normalized spacial score (nSPS) is 11.5. The molecule has 1 aliphatic carbocycles. The van der Waals surface area contributed by atoms with Gasteiger partial charge in [-0.1, -0.05) is 208 Å². The Balaban J connectivity index is 0.000000205. The molecule has 0 spiro atoms. The number of ketones is 3. The molecule has 4 radical (unpaired) electrons. The van der Waals surface area contributed by atoms with E-state index in [9.17, 15) is 14.4 Å². The molecule has 0 amide bonds. The van der Waals surface area contributed by atoms with Crippen molar-refractivity contribution in [1.82, 2.24) is 34.9 Å². The third kappa shape index (κ3) is 25.9. The van der Waals surface area contributed by atoms with Crippen LogP contribution >= 0.6 is 22.7 Å². The SMILES string of the molecule is CC(=O)C=C(C)O.CC(=O)C=C(C)O.CC(=O)C=C(C)O.CC(C)(C)c1c[c-]c(-c2nc3ccccc3c3sccc23)cc1.CC1(C)c2ccccc2-c2c[c-]c(-c3ccc4ccccc4n3)cc21.Cc1ccc(-c2nc(-c3c[c-]c(-c4ccccn4)cc3)nc(-c3ccc(C)cc3)n2)cc1.[Ir].[Ir].[Ir].[Ir].[c-]1ccccc1-c1nccc2sccc12. The number of aliphatic hydroxyl groups is 3. The number of nitrogens with zero attached hydrogens (tertiary/aromatic N) is 7. The molecule has 616 valence electrons. The second-order valence-corrected chi connectivity index (χ2v) is 31.2. The standard InChI is InChI=1S/C28H21N4.C24H18N.C21H18NS.C13H8NS.3C5H8O2.4Ir/c1-19-6-10-22(11-7-19)26-30-27(23-12-8-20(2)9-13-23)32-28(31-26)24-16-14-21(15-17-24)25-5-3-4-18-29-25;1-24(2)20-9-5-4-8-18(20)19-13-11-17(15-21(19)24)23-14-12-16-7-3-6-10-22(16)25-23;1-21(2,3)15-10-8-14(9-11-15)19-17-12-13-23-20(17)16-6-4-5-7-18(16)22-19;1-2-4-10(5-3-1)13-11-7-9-15-12(11)6-8-14-13;3*1-4(6)3-5(2)7;;;;/h3-14,16-18H,1-2H3;3-10,12-15H,1-2H3;4-8,10-13H,1-3H3;1-4,6-9H;3*3,6H,1-2H3;;;;/q4*-1;;;;;;;. The van der Waals surface area contributed by atoms with Gasteiger partial charge in [-0.15, -0.1) is 153 Å². The zero-order valence-electron chi connectivity index (χ0n) is 68.5. The van der Waals surface area contributed by atoms with Crippen LogP contribution in [-0.2, 0) is 106 Å². The Hall–Kier alpha value is -10.7. The first kappa shape index (κ1) is 96.4. The summed E-state index contributed by atoms with van der Waals surface area (Å²) in [6.45, 7) is 24.0. The van der Waals surface area contributed by atoms with E-state index in [1.807, 2.05) is 115 Å². The van der Waals surface area contributed by atoms with Gasteiger partial charge in [0.2, 0.25) is 0 Å². The van der Waals surface area contributed by atoms with Crippen LogP contribution in [0.1, 0.15) is 104 Å². The number of hydrogen-bond donors (Lipinski definition) is 3. The van der Waals surface area contributed by atoms with Crippen LogP contribution in [0.4, 0.5) is 0 Å². The van der Waals surface area contributed by atoms with Gasteiger partial charge in [0.1, 0.15) is 5.82 Å². The van der Waals surface area contributed by atoms with Crippen molar-refractivity contribution in [1.29, 1.82) is 0 Å². The van der Waals surface area contributed by atoms with E-state index in [-0.39, 0.29) is 126 Å². The molecule has 16 aromatic rings. The van der Waals surface area contributed by atoms with Crippen molar-refractivity contribution in [2.75, 3.05) is 0 Å². The Morgan fingerprint density at radius 2 is 0.942 bits per heavy atom. The van der Waals surface area contributed by atoms with Crippen LogP contribution in [0.15, 0.2) is 301 Å². The van der Waals surface area contributed by atoms with E-state index in [4.69, 9.17) is 40.2 Å². The minimum Gasteiger partial charge on any atom is -0.512 e. The molecular weight excluding hydrogens is 2240 g/mol. The van der Waals surface area contributed by atoms with E-state index in [2.05, 4.69) is 227 Å². The van der Waals surface area contributed by atoms with Crippen molar-refractivity contribution in [2.45, 2.75) is 101 Å².